The first kappa shape index (κ1) is 21.0. The highest BCUT2D eigenvalue weighted by Crippen LogP contribution is 2.52. The number of ether oxygens (including phenoxy) is 1. The Hall–Kier alpha value is -2.25. The summed E-state index contributed by atoms with van der Waals surface area (Å²) in [6.07, 6.45) is 0.600. The van der Waals surface area contributed by atoms with E-state index < -0.39 is 17.8 Å². The zero-order valence-electron chi connectivity index (χ0n) is 16.8. The second-order valence-corrected chi connectivity index (χ2v) is 8.89. The van der Waals surface area contributed by atoms with E-state index in [1.54, 1.807) is 12.1 Å². The Labute approximate surface area is 173 Å². The Morgan fingerprint density at radius 1 is 1.10 bits per heavy atom. The van der Waals surface area contributed by atoms with E-state index in [1.807, 2.05) is 4.90 Å². The SMILES string of the molecule is O=C1NC[C@H](C(=O)N2CCC3(CCC(c4ccc(C(F)(F)F)cc4)C3)CC2)CCO1. The molecule has 8 heteroatoms. The number of hydrogen-bond acceptors (Lipinski definition) is 3. The van der Waals surface area contributed by atoms with Crippen LogP contribution in [0.15, 0.2) is 24.3 Å². The first-order chi connectivity index (χ1) is 14.3. The van der Waals surface area contributed by atoms with Crippen molar-refractivity contribution in [2.75, 3.05) is 26.2 Å². The normalized spacial score (nSPS) is 26.8. The van der Waals surface area contributed by atoms with Crippen molar-refractivity contribution >= 4 is 12.0 Å². The van der Waals surface area contributed by atoms with Crippen LogP contribution < -0.4 is 5.32 Å². The summed E-state index contributed by atoms with van der Waals surface area (Å²) in [6, 6.07) is 5.59. The first-order valence-corrected chi connectivity index (χ1v) is 10.6. The smallest absolute Gasteiger partial charge is 0.416 e. The highest BCUT2D eigenvalue weighted by Gasteiger charge is 2.43. The zero-order chi connectivity index (χ0) is 21.4. The summed E-state index contributed by atoms with van der Waals surface area (Å²) in [7, 11) is 0. The van der Waals surface area contributed by atoms with Crippen LogP contribution in [0.1, 0.15) is 55.6 Å². The van der Waals surface area contributed by atoms with E-state index in [4.69, 9.17) is 4.74 Å². The largest absolute Gasteiger partial charge is 0.450 e. The second kappa shape index (κ2) is 8.12. The third-order valence-corrected chi connectivity index (χ3v) is 7.09. The maximum absolute atomic E-state index is 12.8. The van der Waals surface area contributed by atoms with Gasteiger partial charge in [0.05, 0.1) is 18.1 Å². The number of hydrogen-bond donors (Lipinski definition) is 1. The van der Waals surface area contributed by atoms with Gasteiger partial charge in [0.2, 0.25) is 5.91 Å². The molecule has 1 N–H and O–H groups in total. The summed E-state index contributed by atoms with van der Waals surface area (Å²) >= 11 is 0. The predicted molar refractivity (Wildman–Crippen MR) is 104 cm³/mol. The van der Waals surface area contributed by atoms with Gasteiger partial charge in [-0.3, -0.25) is 4.79 Å². The molecule has 0 bridgehead atoms. The number of nitrogens with zero attached hydrogens (tertiary/aromatic N) is 1. The molecule has 4 rings (SSSR count). The third kappa shape index (κ3) is 4.42. The van der Waals surface area contributed by atoms with Gasteiger partial charge >= 0.3 is 12.3 Å². The molecule has 2 heterocycles. The van der Waals surface area contributed by atoms with Gasteiger partial charge in [0.25, 0.3) is 0 Å². The molecule has 1 aromatic carbocycles. The lowest BCUT2D eigenvalue weighted by atomic mass is 9.75. The summed E-state index contributed by atoms with van der Waals surface area (Å²) in [5, 5.41) is 2.62. The van der Waals surface area contributed by atoms with E-state index >= 15 is 0 Å². The van der Waals surface area contributed by atoms with Gasteiger partial charge < -0.3 is 15.0 Å². The van der Waals surface area contributed by atoms with E-state index in [0.717, 1.165) is 37.7 Å². The van der Waals surface area contributed by atoms with E-state index in [-0.39, 0.29) is 29.8 Å². The van der Waals surface area contributed by atoms with E-state index in [1.165, 1.54) is 12.1 Å². The van der Waals surface area contributed by atoms with Crippen LogP contribution >= 0.6 is 0 Å². The summed E-state index contributed by atoms with van der Waals surface area (Å²) in [5.74, 6) is 0.116. The molecular weight excluding hydrogens is 397 g/mol. The van der Waals surface area contributed by atoms with Crippen LogP contribution in [-0.4, -0.2) is 43.1 Å². The van der Waals surface area contributed by atoms with Gasteiger partial charge in [-0.25, -0.2) is 4.79 Å². The van der Waals surface area contributed by atoms with Crippen LogP contribution in [-0.2, 0) is 15.7 Å². The molecule has 2 saturated heterocycles. The molecule has 3 fully saturated rings. The molecule has 2 atom stereocenters. The van der Waals surface area contributed by atoms with Crippen LogP contribution in [0, 0.1) is 11.3 Å². The predicted octanol–water partition coefficient (Wildman–Crippen LogP) is 4.33. The lowest BCUT2D eigenvalue weighted by Crippen LogP contribution is -2.46. The van der Waals surface area contributed by atoms with Crippen LogP contribution in [0.3, 0.4) is 0 Å². The van der Waals surface area contributed by atoms with Crippen molar-refractivity contribution in [2.24, 2.45) is 11.3 Å². The Kier molecular flexibility index (Phi) is 5.68. The fraction of sp³-hybridized carbons (Fsp3) is 0.636. The quantitative estimate of drug-likeness (QED) is 0.769. The number of halogens is 3. The molecule has 0 radical (unpaired) electrons. The molecule has 1 aliphatic carbocycles. The molecule has 0 aromatic heterocycles. The number of nitrogens with one attached hydrogen (secondary N) is 1. The number of amides is 2. The van der Waals surface area contributed by atoms with E-state index in [0.29, 0.717) is 26.1 Å². The standard InChI is InChI=1S/C22H27F3N2O3/c23-22(24,25)18-3-1-15(2-4-18)16-5-7-21(13-16)8-10-27(11-9-21)19(28)17-6-12-30-20(29)26-14-17/h1-4,16-17H,5-14H2,(H,26,29)/t16?,17-/m1/s1. The maximum Gasteiger partial charge on any atom is 0.416 e. The summed E-state index contributed by atoms with van der Waals surface area (Å²) < 4.78 is 43.3. The van der Waals surface area contributed by atoms with Gasteiger partial charge in [-0.2, -0.15) is 13.2 Å². The van der Waals surface area contributed by atoms with E-state index in [2.05, 4.69) is 5.32 Å². The lowest BCUT2D eigenvalue weighted by molar-refractivity contribution is -0.138. The Morgan fingerprint density at radius 2 is 1.80 bits per heavy atom. The monoisotopic (exact) mass is 424 g/mol. The zero-order valence-corrected chi connectivity index (χ0v) is 16.8. The Balaban J connectivity index is 1.32. The molecule has 3 aliphatic rings. The van der Waals surface area contributed by atoms with Crippen molar-refractivity contribution in [3.63, 3.8) is 0 Å². The fourth-order valence-corrected chi connectivity index (χ4v) is 5.21. The van der Waals surface area contributed by atoms with Crippen LogP contribution in [0.5, 0.6) is 0 Å². The number of carbonyl (C=O) groups excluding carboxylic acids is 2. The van der Waals surface area contributed by atoms with Crippen molar-refractivity contribution < 1.29 is 27.5 Å². The Bertz CT molecular complexity index is 786. The molecule has 30 heavy (non-hydrogen) atoms. The molecule has 164 valence electrons. The van der Waals surface area contributed by atoms with Crippen molar-refractivity contribution in [1.82, 2.24) is 10.2 Å². The topological polar surface area (TPSA) is 58.6 Å². The number of alkyl halides is 3. The van der Waals surface area contributed by atoms with Crippen molar-refractivity contribution in [3.8, 4) is 0 Å². The molecule has 1 unspecified atom stereocenters. The molecule has 5 nitrogen and oxygen atoms in total. The van der Waals surface area contributed by atoms with Crippen molar-refractivity contribution in [1.29, 1.82) is 0 Å². The minimum absolute atomic E-state index is 0.0768. The van der Waals surface area contributed by atoms with Crippen molar-refractivity contribution in [3.05, 3.63) is 35.4 Å². The van der Waals surface area contributed by atoms with Gasteiger partial charge in [0.1, 0.15) is 0 Å². The summed E-state index contributed by atoms with van der Waals surface area (Å²) in [4.78, 5) is 26.0. The number of rotatable bonds is 2. The Morgan fingerprint density at radius 3 is 2.47 bits per heavy atom. The minimum Gasteiger partial charge on any atom is -0.450 e. The molecule has 1 saturated carbocycles. The second-order valence-electron chi connectivity index (χ2n) is 8.89. The number of piperidine rings is 1. The van der Waals surface area contributed by atoms with E-state index in [9.17, 15) is 22.8 Å². The highest BCUT2D eigenvalue weighted by atomic mass is 19.4. The molecule has 2 aliphatic heterocycles. The number of carbonyl (C=O) groups is 2. The number of likely N-dealkylation sites (tertiary alicyclic amines) is 1. The van der Waals surface area contributed by atoms with Crippen LogP contribution in [0.25, 0.3) is 0 Å². The molecule has 2 amide bonds. The number of alkyl carbamates (subject to hydrolysis) is 1. The van der Waals surface area contributed by atoms with Crippen LogP contribution in [0.2, 0.25) is 0 Å². The highest BCUT2D eigenvalue weighted by molar-refractivity contribution is 5.80. The van der Waals surface area contributed by atoms with Gasteiger partial charge in [-0.15, -0.1) is 0 Å². The average Bonchev–Trinajstić information content (AvgIpc) is 3.00. The maximum atomic E-state index is 12.8. The molecular formula is C22H27F3N2O3. The molecule has 1 aromatic rings. The van der Waals surface area contributed by atoms with Gasteiger partial charge in [-0.05, 0) is 67.6 Å². The van der Waals surface area contributed by atoms with Gasteiger partial charge in [0.15, 0.2) is 0 Å². The minimum atomic E-state index is -4.30. The first-order valence-electron chi connectivity index (χ1n) is 10.6. The summed E-state index contributed by atoms with van der Waals surface area (Å²) in [5.41, 5.74) is 0.545. The number of benzene rings is 1. The third-order valence-electron chi connectivity index (χ3n) is 7.09. The number of cyclic esters (lactones) is 1. The summed E-state index contributed by atoms with van der Waals surface area (Å²) in [6.45, 7) is 1.97. The van der Waals surface area contributed by atoms with Gasteiger partial charge in [0, 0.05) is 19.6 Å². The van der Waals surface area contributed by atoms with Crippen LogP contribution in [0.4, 0.5) is 18.0 Å². The molecule has 1 spiro atoms. The van der Waals surface area contributed by atoms with Gasteiger partial charge in [-0.1, -0.05) is 12.1 Å². The average molecular weight is 424 g/mol. The lowest BCUT2D eigenvalue weighted by Gasteiger charge is -2.40. The van der Waals surface area contributed by atoms with Crippen molar-refractivity contribution in [2.45, 2.75) is 50.6 Å². The fourth-order valence-electron chi connectivity index (χ4n) is 5.21.